The van der Waals surface area contributed by atoms with Crippen LogP contribution in [0.2, 0.25) is 0 Å². The van der Waals surface area contributed by atoms with Crippen LogP contribution in [0.3, 0.4) is 0 Å². The fourth-order valence-corrected chi connectivity index (χ4v) is 2.65. The molecule has 21 heavy (non-hydrogen) atoms. The third kappa shape index (κ3) is 5.78. The summed E-state index contributed by atoms with van der Waals surface area (Å²) in [6.45, 7) is 1.51. The largest absolute Gasteiger partial charge is 0.478 e. The number of carbonyl (C=O) groups excluding carboxylic acids is 1. The summed E-state index contributed by atoms with van der Waals surface area (Å²) < 4.78 is 35.3. The van der Waals surface area contributed by atoms with Crippen molar-refractivity contribution in [1.29, 1.82) is 0 Å². The zero-order chi connectivity index (χ0) is 16.2. The van der Waals surface area contributed by atoms with Gasteiger partial charge in [-0.2, -0.15) is 0 Å². The quantitative estimate of drug-likeness (QED) is 0.752. The van der Waals surface area contributed by atoms with Gasteiger partial charge in [0.2, 0.25) is 0 Å². The highest BCUT2D eigenvalue weighted by Crippen LogP contribution is 2.14. The number of sulfone groups is 1. The second kappa shape index (κ2) is 6.53. The molecule has 1 unspecified atom stereocenters. The van der Waals surface area contributed by atoms with Gasteiger partial charge in [0.05, 0.1) is 11.3 Å². The van der Waals surface area contributed by atoms with Crippen molar-refractivity contribution >= 4 is 27.5 Å². The molecule has 116 valence electrons. The molecule has 7 nitrogen and oxygen atoms in total. The fraction of sp³-hybridized carbons (Fsp3) is 0.333. The molecule has 0 saturated heterocycles. The number of benzene rings is 1. The Morgan fingerprint density at radius 2 is 2.00 bits per heavy atom. The van der Waals surface area contributed by atoms with Crippen LogP contribution < -0.4 is 10.6 Å². The highest BCUT2D eigenvalue weighted by Gasteiger charge is 2.15. The number of hydrogen-bond donors (Lipinski definition) is 3. The molecule has 2 amide bonds. The van der Waals surface area contributed by atoms with Crippen molar-refractivity contribution in [2.24, 2.45) is 0 Å². The van der Waals surface area contributed by atoms with E-state index in [1.807, 2.05) is 0 Å². The van der Waals surface area contributed by atoms with Gasteiger partial charge in [0.15, 0.2) is 0 Å². The van der Waals surface area contributed by atoms with Gasteiger partial charge in [0.1, 0.15) is 15.7 Å². The SMILES string of the molecule is CC(CS(C)(=O)=O)NC(=O)Nc1ccc(F)c(C(=O)O)c1. The molecule has 0 fully saturated rings. The van der Waals surface area contributed by atoms with Crippen molar-refractivity contribution in [2.45, 2.75) is 13.0 Å². The molecule has 3 N–H and O–H groups in total. The van der Waals surface area contributed by atoms with Gasteiger partial charge in [-0.3, -0.25) is 0 Å². The second-order valence-corrected chi connectivity index (χ2v) is 6.78. The van der Waals surface area contributed by atoms with Gasteiger partial charge >= 0.3 is 12.0 Å². The van der Waals surface area contributed by atoms with Crippen LogP contribution in [0.4, 0.5) is 14.9 Å². The Morgan fingerprint density at radius 3 is 2.52 bits per heavy atom. The van der Waals surface area contributed by atoms with Crippen LogP contribution in [0.25, 0.3) is 0 Å². The monoisotopic (exact) mass is 318 g/mol. The Balaban J connectivity index is 2.71. The van der Waals surface area contributed by atoms with Crippen molar-refractivity contribution in [1.82, 2.24) is 5.32 Å². The van der Waals surface area contributed by atoms with Crippen LogP contribution in [0.15, 0.2) is 18.2 Å². The Kier molecular flexibility index (Phi) is 5.25. The summed E-state index contributed by atoms with van der Waals surface area (Å²) in [6, 6.07) is 1.74. The molecule has 1 atom stereocenters. The van der Waals surface area contributed by atoms with E-state index in [1.165, 1.54) is 13.0 Å². The smallest absolute Gasteiger partial charge is 0.338 e. The van der Waals surface area contributed by atoms with Crippen molar-refractivity contribution in [3.63, 3.8) is 0 Å². The maximum absolute atomic E-state index is 13.2. The van der Waals surface area contributed by atoms with E-state index in [0.29, 0.717) is 0 Å². The third-order valence-electron chi connectivity index (χ3n) is 2.38. The molecule has 0 bridgehead atoms. The molecule has 0 aliphatic carbocycles. The molecule has 0 spiro atoms. The molecule has 0 aliphatic rings. The summed E-state index contributed by atoms with van der Waals surface area (Å²) in [4.78, 5) is 22.4. The lowest BCUT2D eigenvalue weighted by Crippen LogP contribution is -2.39. The molecule has 9 heteroatoms. The van der Waals surface area contributed by atoms with E-state index in [1.54, 1.807) is 0 Å². The van der Waals surface area contributed by atoms with E-state index in [4.69, 9.17) is 5.11 Å². The number of anilines is 1. The molecule has 0 heterocycles. The lowest BCUT2D eigenvalue weighted by Gasteiger charge is -2.14. The van der Waals surface area contributed by atoms with Crippen LogP contribution in [0.5, 0.6) is 0 Å². The lowest BCUT2D eigenvalue weighted by molar-refractivity contribution is 0.0692. The molecule has 0 aliphatic heterocycles. The van der Waals surface area contributed by atoms with Crippen LogP contribution in [0, 0.1) is 5.82 Å². The highest BCUT2D eigenvalue weighted by molar-refractivity contribution is 7.90. The molecule has 0 aromatic heterocycles. The number of carboxylic acids is 1. The summed E-state index contributed by atoms with van der Waals surface area (Å²) in [5, 5.41) is 13.4. The number of hydrogen-bond acceptors (Lipinski definition) is 4. The van der Waals surface area contributed by atoms with Crippen molar-refractivity contribution in [3.05, 3.63) is 29.6 Å². The average Bonchev–Trinajstić information content (AvgIpc) is 2.28. The van der Waals surface area contributed by atoms with Gasteiger partial charge in [-0.25, -0.2) is 22.4 Å². The summed E-state index contributed by atoms with van der Waals surface area (Å²) in [5.74, 6) is -2.61. The molecule has 0 radical (unpaired) electrons. The number of rotatable bonds is 5. The summed E-state index contributed by atoms with van der Waals surface area (Å²) >= 11 is 0. The van der Waals surface area contributed by atoms with E-state index in [9.17, 15) is 22.4 Å². The van der Waals surface area contributed by atoms with Crippen LogP contribution in [-0.4, -0.2) is 43.6 Å². The normalized spacial score (nSPS) is 12.5. The first-order valence-corrected chi connectivity index (χ1v) is 7.92. The van der Waals surface area contributed by atoms with E-state index >= 15 is 0 Å². The summed E-state index contributed by atoms with van der Waals surface area (Å²) in [5.41, 5.74) is -0.491. The number of halogens is 1. The first-order valence-electron chi connectivity index (χ1n) is 5.86. The van der Waals surface area contributed by atoms with Crippen molar-refractivity contribution in [2.75, 3.05) is 17.3 Å². The minimum Gasteiger partial charge on any atom is -0.478 e. The first kappa shape index (κ1) is 16.9. The lowest BCUT2D eigenvalue weighted by atomic mass is 10.2. The van der Waals surface area contributed by atoms with E-state index in [2.05, 4.69) is 10.6 Å². The van der Waals surface area contributed by atoms with Crippen molar-refractivity contribution in [3.8, 4) is 0 Å². The number of amides is 2. The van der Waals surface area contributed by atoms with Gasteiger partial charge in [0, 0.05) is 18.0 Å². The van der Waals surface area contributed by atoms with Gasteiger partial charge in [0.25, 0.3) is 0 Å². The maximum atomic E-state index is 13.2. The maximum Gasteiger partial charge on any atom is 0.338 e. The molecule has 1 aromatic carbocycles. The molecule has 1 rings (SSSR count). The summed E-state index contributed by atoms with van der Waals surface area (Å²) in [6.07, 6.45) is 1.04. The van der Waals surface area contributed by atoms with E-state index < -0.39 is 39.3 Å². The molecule has 0 saturated carbocycles. The predicted molar refractivity (Wildman–Crippen MR) is 74.7 cm³/mol. The number of carbonyl (C=O) groups is 2. The molecular formula is C12H15FN2O5S. The minimum atomic E-state index is -3.24. The van der Waals surface area contributed by atoms with Crippen molar-refractivity contribution < 1.29 is 27.5 Å². The molecule has 1 aromatic rings. The Hall–Kier alpha value is -2.16. The van der Waals surface area contributed by atoms with E-state index in [0.717, 1.165) is 18.4 Å². The number of aromatic carboxylic acids is 1. The third-order valence-corrected chi connectivity index (χ3v) is 3.49. The first-order chi connectivity index (χ1) is 9.58. The zero-order valence-corrected chi connectivity index (χ0v) is 12.2. The topological polar surface area (TPSA) is 113 Å². The van der Waals surface area contributed by atoms with Gasteiger partial charge in [-0.15, -0.1) is 0 Å². The predicted octanol–water partition coefficient (Wildman–Crippen LogP) is 1.08. The standard InChI is InChI=1S/C12H15FN2O5S/c1-7(6-21(2,19)20)14-12(18)15-8-3-4-10(13)9(5-8)11(16)17/h3-5,7H,6H2,1-2H3,(H,16,17)(H2,14,15,18). The second-order valence-electron chi connectivity index (χ2n) is 4.59. The summed E-state index contributed by atoms with van der Waals surface area (Å²) in [7, 11) is -3.24. The Bertz CT molecular complexity index is 660. The fourth-order valence-electron chi connectivity index (χ4n) is 1.65. The van der Waals surface area contributed by atoms with Gasteiger partial charge in [-0.05, 0) is 25.1 Å². The Morgan fingerprint density at radius 1 is 1.38 bits per heavy atom. The highest BCUT2D eigenvalue weighted by atomic mass is 32.2. The van der Waals surface area contributed by atoms with Gasteiger partial charge in [-0.1, -0.05) is 0 Å². The minimum absolute atomic E-state index is 0.0813. The van der Waals surface area contributed by atoms with Gasteiger partial charge < -0.3 is 15.7 Å². The van der Waals surface area contributed by atoms with E-state index in [-0.39, 0.29) is 11.4 Å². The average molecular weight is 318 g/mol. The zero-order valence-electron chi connectivity index (χ0n) is 11.4. The molecular weight excluding hydrogens is 303 g/mol. The number of urea groups is 1. The van der Waals surface area contributed by atoms with Crippen LogP contribution in [0.1, 0.15) is 17.3 Å². The number of carboxylic acid groups (broad SMARTS) is 1. The Labute approximate surface area is 121 Å². The van der Waals surface area contributed by atoms with Crippen LogP contribution >= 0.6 is 0 Å². The van der Waals surface area contributed by atoms with Crippen LogP contribution in [-0.2, 0) is 9.84 Å². The number of nitrogens with one attached hydrogen (secondary N) is 2.